The van der Waals surface area contributed by atoms with Crippen LogP contribution in [0.25, 0.3) is 0 Å². The first-order valence-corrected chi connectivity index (χ1v) is 7.37. The third-order valence-corrected chi connectivity index (χ3v) is 3.97. The number of nitrogens with one attached hydrogen (secondary N) is 1. The summed E-state index contributed by atoms with van der Waals surface area (Å²) < 4.78 is 0. The molecule has 0 unspecified atom stereocenters. The predicted molar refractivity (Wildman–Crippen MR) is 77.9 cm³/mol. The topological polar surface area (TPSA) is 59.1 Å². The fourth-order valence-corrected chi connectivity index (χ4v) is 2.86. The summed E-state index contributed by atoms with van der Waals surface area (Å²) in [6.45, 7) is 1.79. The van der Waals surface area contributed by atoms with Crippen molar-refractivity contribution in [1.29, 1.82) is 0 Å². The fourth-order valence-electron chi connectivity index (χ4n) is 2.56. The van der Waals surface area contributed by atoms with Gasteiger partial charge in [0.05, 0.1) is 12.1 Å². The zero-order valence-electron chi connectivity index (χ0n) is 11.6. The lowest BCUT2D eigenvalue weighted by molar-refractivity contribution is -0.121. The first-order valence-electron chi connectivity index (χ1n) is 6.99. The second-order valence-electron chi connectivity index (χ2n) is 5.35. The van der Waals surface area contributed by atoms with Crippen LogP contribution in [0.2, 0.25) is 5.15 Å². The molecule has 0 bridgehead atoms. The van der Waals surface area contributed by atoms with Gasteiger partial charge in [-0.15, -0.1) is 0 Å². The number of aryl methyl sites for hydroxylation is 1. The van der Waals surface area contributed by atoms with Crippen molar-refractivity contribution in [2.75, 3.05) is 6.54 Å². The van der Waals surface area contributed by atoms with Crippen LogP contribution < -0.4 is 5.32 Å². The quantitative estimate of drug-likeness (QED) is 0.671. The van der Waals surface area contributed by atoms with E-state index in [0.29, 0.717) is 17.9 Å². The highest BCUT2D eigenvalue weighted by Crippen LogP contribution is 2.27. The molecular weight excluding hydrogens is 276 g/mol. The maximum absolute atomic E-state index is 12.0. The van der Waals surface area contributed by atoms with E-state index in [1.807, 2.05) is 6.92 Å². The van der Waals surface area contributed by atoms with Gasteiger partial charge >= 0.3 is 0 Å². The predicted octanol–water partition coefficient (Wildman–Crippen LogP) is 2.92. The lowest BCUT2D eigenvalue weighted by Gasteiger charge is -2.09. The largest absolute Gasteiger partial charge is 0.349 e. The molecule has 20 heavy (non-hydrogen) atoms. The Hall–Kier alpha value is -1.42. The van der Waals surface area contributed by atoms with Crippen LogP contribution in [-0.2, 0) is 4.79 Å². The summed E-state index contributed by atoms with van der Waals surface area (Å²) >= 11 is 5.93. The molecule has 1 amide bonds. The van der Waals surface area contributed by atoms with E-state index in [4.69, 9.17) is 11.6 Å². The maximum Gasteiger partial charge on any atom is 0.220 e. The lowest BCUT2D eigenvalue weighted by atomic mass is 10.0. The Labute approximate surface area is 123 Å². The molecule has 1 N–H and O–H groups in total. The van der Waals surface area contributed by atoms with Crippen molar-refractivity contribution in [3.05, 3.63) is 28.5 Å². The summed E-state index contributed by atoms with van der Waals surface area (Å²) in [7, 11) is 0. The van der Waals surface area contributed by atoms with E-state index in [1.54, 1.807) is 12.1 Å². The molecule has 4 nitrogen and oxygen atoms in total. The normalized spacial score (nSPS) is 15.3. The number of hydrogen-bond donors (Lipinski definition) is 1. The summed E-state index contributed by atoms with van der Waals surface area (Å²) in [5, 5.41) is 2.87. The Balaban J connectivity index is 1.83. The van der Waals surface area contributed by atoms with Crippen molar-refractivity contribution in [3.8, 4) is 0 Å². The molecule has 1 aromatic rings. The Bertz CT molecular complexity index is 511. The van der Waals surface area contributed by atoms with Gasteiger partial charge in [-0.25, -0.2) is 4.98 Å². The molecule has 1 heterocycles. The van der Waals surface area contributed by atoms with Crippen LogP contribution in [0.3, 0.4) is 0 Å². The minimum Gasteiger partial charge on any atom is -0.349 e. The van der Waals surface area contributed by atoms with E-state index in [1.165, 1.54) is 12.8 Å². The Morgan fingerprint density at radius 1 is 1.35 bits per heavy atom. The summed E-state index contributed by atoms with van der Waals surface area (Å²) in [5.74, 6) is 0.221. The average molecular weight is 295 g/mol. The smallest absolute Gasteiger partial charge is 0.220 e. The lowest BCUT2D eigenvalue weighted by Crippen LogP contribution is -2.30. The highest BCUT2D eigenvalue weighted by molar-refractivity contribution is 6.32. The maximum atomic E-state index is 12.0. The molecule has 0 atom stereocenters. The second-order valence-corrected chi connectivity index (χ2v) is 5.70. The number of nitrogens with zero attached hydrogens (tertiary/aromatic N) is 1. The van der Waals surface area contributed by atoms with Crippen LogP contribution in [0.5, 0.6) is 0 Å². The first kappa shape index (κ1) is 15.0. The molecule has 0 spiro atoms. The minimum absolute atomic E-state index is 0.0178. The number of aromatic nitrogens is 1. The summed E-state index contributed by atoms with van der Waals surface area (Å²) in [5.41, 5.74) is 1.12. The molecule has 2 rings (SSSR count). The Kier molecular flexibility index (Phi) is 5.12. The van der Waals surface area contributed by atoms with Crippen LogP contribution in [0, 0.1) is 12.8 Å². The molecule has 5 heteroatoms. The van der Waals surface area contributed by atoms with E-state index in [9.17, 15) is 9.59 Å². The van der Waals surface area contributed by atoms with Crippen molar-refractivity contribution in [2.45, 2.75) is 39.0 Å². The summed E-state index contributed by atoms with van der Waals surface area (Å²) in [4.78, 5) is 27.8. The zero-order valence-corrected chi connectivity index (χ0v) is 12.4. The van der Waals surface area contributed by atoms with E-state index < -0.39 is 0 Å². The summed E-state index contributed by atoms with van der Waals surface area (Å²) in [6, 6.07) is 3.38. The van der Waals surface area contributed by atoms with Crippen molar-refractivity contribution in [2.24, 2.45) is 5.92 Å². The van der Waals surface area contributed by atoms with Gasteiger partial charge in [0.25, 0.3) is 0 Å². The van der Waals surface area contributed by atoms with Gasteiger partial charge in [0.2, 0.25) is 5.91 Å². The molecule has 0 aliphatic heterocycles. The highest BCUT2D eigenvalue weighted by atomic mass is 35.5. The molecule has 1 aromatic heterocycles. The standard InChI is InChI=1S/C15H19ClN2O2/c1-10-6-7-12(15(16)18-10)13(19)9-17-14(20)8-11-4-2-3-5-11/h6-7,11H,2-5,8-9H2,1H3,(H,17,20). The van der Waals surface area contributed by atoms with Gasteiger partial charge < -0.3 is 5.32 Å². The highest BCUT2D eigenvalue weighted by Gasteiger charge is 2.19. The van der Waals surface area contributed by atoms with Crippen LogP contribution in [-0.4, -0.2) is 23.2 Å². The number of ketones is 1. The number of Topliss-reactive ketones (excluding diaryl/α,β-unsaturated/α-hetero) is 1. The number of carbonyl (C=O) groups excluding carboxylic acids is 2. The molecule has 1 aliphatic rings. The molecule has 1 saturated carbocycles. The van der Waals surface area contributed by atoms with Crippen LogP contribution >= 0.6 is 11.6 Å². The number of carbonyl (C=O) groups is 2. The third-order valence-electron chi connectivity index (χ3n) is 3.68. The SMILES string of the molecule is Cc1ccc(C(=O)CNC(=O)CC2CCCC2)c(Cl)n1. The van der Waals surface area contributed by atoms with Crippen LogP contribution in [0.4, 0.5) is 0 Å². The zero-order chi connectivity index (χ0) is 14.5. The van der Waals surface area contributed by atoms with Gasteiger partial charge in [-0.2, -0.15) is 0 Å². The molecule has 0 saturated heterocycles. The molecule has 0 aromatic carbocycles. The second kappa shape index (κ2) is 6.84. The molecule has 0 radical (unpaired) electrons. The van der Waals surface area contributed by atoms with E-state index in [-0.39, 0.29) is 23.4 Å². The van der Waals surface area contributed by atoms with Crippen molar-refractivity contribution >= 4 is 23.3 Å². The summed E-state index contributed by atoms with van der Waals surface area (Å²) in [6.07, 6.45) is 5.18. The van der Waals surface area contributed by atoms with Gasteiger partial charge in [0.15, 0.2) is 5.78 Å². The van der Waals surface area contributed by atoms with Crippen LogP contribution in [0.1, 0.15) is 48.2 Å². The molecule has 1 aliphatic carbocycles. The van der Waals surface area contributed by atoms with E-state index >= 15 is 0 Å². The van der Waals surface area contributed by atoms with Crippen molar-refractivity contribution < 1.29 is 9.59 Å². The Morgan fingerprint density at radius 3 is 2.70 bits per heavy atom. The third kappa shape index (κ3) is 4.04. The van der Waals surface area contributed by atoms with Crippen molar-refractivity contribution in [1.82, 2.24) is 10.3 Å². The minimum atomic E-state index is -0.206. The monoisotopic (exact) mass is 294 g/mol. The van der Waals surface area contributed by atoms with Crippen LogP contribution in [0.15, 0.2) is 12.1 Å². The van der Waals surface area contributed by atoms with Gasteiger partial charge in [0.1, 0.15) is 5.15 Å². The van der Waals surface area contributed by atoms with Crippen molar-refractivity contribution in [3.63, 3.8) is 0 Å². The number of rotatable bonds is 5. The van der Waals surface area contributed by atoms with Gasteiger partial charge in [0, 0.05) is 12.1 Å². The van der Waals surface area contributed by atoms with Gasteiger partial charge in [-0.3, -0.25) is 9.59 Å². The van der Waals surface area contributed by atoms with E-state index in [2.05, 4.69) is 10.3 Å². The number of pyridine rings is 1. The molecule has 1 fully saturated rings. The average Bonchev–Trinajstić information content (AvgIpc) is 2.89. The van der Waals surface area contributed by atoms with Gasteiger partial charge in [-0.05, 0) is 37.8 Å². The first-order chi connectivity index (χ1) is 9.56. The number of halogens is 1. The van der Waals surface area contributed by atoms with Gasteiger partial charge in [-0.1, -0.05) is 24.4 Å². The fraction of sp³-hybridized carbons (Fsp3) is 0.533. The Morgan fingerprint density at radius 2 is 2.05 bits per heavy atom. The molecular formula is C15H19ClN2O2. The van der Waals surface area contributed by atoms with E-state index in [0.717, 1.165) is 18.5 Å². The molecule has 108 valence electrons. The number of hydrogen-bond acceptors (Lipinski definition) is 3. The number of amides is 1.